The molecule has 0 radical (unpaired) electrons. The van der Waals surface area contributed by atoms with Gasteiger partial charge in [-0.05, 0) is 31.9 Å². The topological polar surface area (TPSA) is 69.0 Å². The fraction of sp³-hybridized carbons (Fsp3) is 0.526. The third kappa shape index (κ3) is 4.38. The Morgan fingerprint density at radius 1 is 1.27 bits per heavy atom. The van der Waals surface area contributed by atoms with Gasteiger partial charge in [0.15, 0.2) is 11.0 Å². The van der Waals surface area contributed by atoms with E-state index in [-0.39, 0.29) is 5.91 Å². The van der Waals surface area contributed by atoms with Crippen molar-refractivity contribution in [1.29, 1.82) is 0 Å². The number of nitrogens with one attached hydrogen (secondary N) is 1. The summed E-state index contributed by atoms with van der Waals surface area (Å²) in [6, 6.07) is 8.11. The Hall–Kier alpha value is -2.02. The molecule has 3 rings (SSSR count). The number of hydrogen-bond donors (Lipinski definition) is 1. The molecule has 0 unspecified atom stereocenters. The van der Waals surface area contributed by atoms with Crippen LogP contribution in [0, 0.1) is 0 Å². The maximum atomic E-state index is 12.3. The lowest BCUT2D eigenvalue weighted by Crippen LogP contribution is -2.37. The van der Waals surface area contributed by atoms with Gasteiger partial charge >= 0.3 is 0 Å². The highest BCUT2D eigenvalue weighted by Crippen LogP contribution is 2.30. The molecule has 1 heterocycles. The van der Waals surface area contributed by atoms with E-state index in [0.29, 0.717) is 11.8 Å². The number of hydrogen-bond acceptors (Lipinski definition) is 5. The standard InChI is InChI=1S/C19H26N4O2S/c1-3-23-18(15-11-7-8-12-16(15)25-2)21-22-19(23)26-13-17(24)20-14-9-5-4-6-10-14/h7-8,11-12,14H,3-6,9-10,13H2,1-2H3,(H,20,24). The first-order chi connectivity index (χ1) is 12.7. The summed E-state index contributed by atoms with van der Waals surface area (Å²) >= 11 is 1.43. The number of aromatic nitrogens is 3. The number of amides is 1. The summed E-state index contributed by atoms with van der Waals surface area (Å²) < 4.78 is 7.46. The first kappa shape index (κ1) is 18.8. The van der Waals surface area contributed by atoms with Gasteiger partial charge in [-0.25, -0.2) is 0 Å². The Morgan fingerprint density at radius 3 is 2.77 bits per heavy atom. The second-order valence-electron chi connectivity index (χ2n) is 6.44. The molecule has 1 aliphatic carbocycles. The highest BCUT2D eigenvalue weighted by molar-refractivity contribution is 7.99. The number of methoxy groups -OCH3 is 1. The largest absolute Gasteiger partial charge is 0.496 e. The smallest absolute Gasteiger partial charge is 0.230 e. The Bertz CT molecular complexity index is 741. The van der Waals surface area contributed by atoms with Crippen molar-refractivity contribution in [3.05, 3.63) is 24.3 Å². The maximum Gasteiger partial charge on any atom is 0.230 e. The molecule has 140 valence electrons. The molecule has 6 nitrogen and oxygen atoms in total. The van der Waals surface area contributed by atoms with Crippen LogP contribution < -0.4 is 10.1 Å². The number of thioether (sulfide) groups is 1. The fourth-order valence-corrected chi connectivity index (χ4v) is 4.17. The molecule has 2 aromatic rings. The van der Waals surface area contributed by atoms with E-state index < -0.39 is 0 Å². The number of benzene rings is 1. The van der Waals surface area contributed by atoms with Gasteiger partial charge in [-0.2, -0.15) is 0 Å². The van der Waals surface area contributed by atoms with Gasteiger partial charge in [-0.3, -0.25) is 4.79 Å². The van der Waals surface area contributed by atoms with E-state index in [0.717, 1.165) is 41.7 Å². The summed E-state index contributed by atoms with van der Waals surface area (Å²) in [5, 5.41) is 12.5. The van der Waals surface area contributed by atoms with Gasteiger partial charge < -0.3 is 14.6 Å². The number of carbonyl (C=O) groups is 1. The molecule has 0 aliphatic heterocycles. The molecular formula is C19H26N4O2S. The van der Waals surface area contributed by atoms with Crippen LogP contribution in [0.2, 0.25) is 0 Å². The van der Waals surface area contributed by atoms with Gasteiger partial charge in [-0.1, -0.05) is 43.2 Å². The summed E-state index contributed by atoms with van der Waals surface area (Å²) in [6.45, 7) is 2.78. The van der Waals surface area contributed by atoms with Gasteiger partial charge in [0.1, 0.15) is 5.75 Å². The molecule has 7 heteroatoms. The minimum absolute atomic E-state index is 0.0754. The van der Waals surface area contributed by atoms with Crippen molar-refractivity contribution in [3.63, 3.8) is 0 Å². The second-order valence-corrected chi connectivity index (χ2v) is 7.38. The molecule has 0 atom stereocenters. The highest BCUT2D eigenvalue weighted by atomic mass is 32.2. The minimum atomic E-state index is 0.0754. The van der Waals surface area contributed by atoms with Gasteiger partial charge in [0, 0.05) is 12.6 Å². The molecule has 0 saturated heterocycles. The Morgan fingerprint density at radius 2 is 2.04 bits per heavy atom. The van der Waals surface area contributed by atoms with E-state index in [1.807, 2.05) is 28.8 Å². The molecule has 1 N–H and O–H groups in total. The SMILES string of the molecule is CCn1c(SCC(=O)NC2CCCCC2)nnc1-c1ccccc1OC. The van der Waals surface area contributed by atoms with Crippen molar-refractivity contribution in [2.75, 3.05) is 12.9 Å². The van der Waals surface area contributed by atoms with Crippen molar-refractivity contribution in [3.8, 4) is 17.1 Å². The van der Waals surface area contributed by atoms with Crippen molar-refractivity contribution in [1.82, 2.24) is 20.1 Å². The average Bonchev–Trinajstić information content (AvgIpc) is 3.09. The van der Waals surface area contributed by atoms with Crippen LogP contribution in [0.5, 0.6) is 5.75 Å². The first-order valence-electron chi connectivity index (χ1n) is 9.21. The quantitative estimate of drug-likeness (QED) is 0.751. The Balaban J connectivity index is 1.67. The van der Waals surface area contributed by atoms with E-state index in [2.05, 4.69) is 22.4 Å². The molecule has 0 bridgehead atoms. The van der Waals surface area contributed by atoms with Gasteiger partial charge in [0.2, 0.25) is 5.91 Å². The average molecular weight is 375 g/mol. The lowest BCUT2D eigenvalue weighted by Gasteiger charge is -2.22. The first-order valence-corrected chi connectivity index (χ1v) is 10.2. The Labute approximate surface area is 158 Å². The van der Waals surface area contributed by atoms with E-state index in [1.165, 1.54) is 31.0 Å². The zero-order valence-corrected chi connectivity index (χ0v) is 16.2. The zero-order valence-electron chi connectivity index (χ0n) is 15.4. The number of para-hydroxylation sites is 1. The zero-order chi connectivity index (χ0) is 18.4. The monoisotopic (exact) mass is 374 g/mol. The van der Waals surface area contributed by atoms with E-state index >= 15 is 0 Å². The molecule has 1 fully saturated rings. The predicted molar refractivity (Wildman–Crippen MR) is 103 cm³/mol. The summed E-state index contributed by atoms with van der Waals surface area (Å²) in [7, 11) is 1.65. The highest BCUT2D eigenvalue weighted by Gasteiger charge is 2.19. The number of nitrogens with zero attached hydrogens (tertiary/aromatic N) is 3. The van der Waals surface area contributed by atoms with Crippen molar-refractivity contribution < 1.29 is 9.53 Å². The van der Waals surface area contributed by atoms with E-state index in [1.54, 1.807) is 7.11 Å². The van der Waals surface area contributed by atoms with Gasteiger partial charge in [-0.15, -0.1) is 10.2 Å². The molecule has 1 aromatic heterocycles. The minimum Gasteiger partial charge on any atom is -0.496 e. The summed E-state index contributed by atoms with van der Waals surface area (Å²) in [6.07, 6.45) is 5.90. The van der Waals surface area contributed by atoms with Gasteiger partial charge in [0.25, 0.3) is 0 Å². The van der Waals surface area contributed by atoms with Crippen LogP contribution in [0.1, 0.15) is 39.0 Å². The molecule has 1 saturated carbocycles. The van der Waals surface area contributed by atoms with E-state index in [9.17, 15) is 4.79 Å². The second kappa shape index (κ2) is 9.07. The molecule has 1 aliphatic rings. The van der Waals surface area contributed by atoms with Crippen LogP contribution in [0.4, 0.5) is 0 Å². The summed E-state index contributed by atoms with van der Waals surface area (Å²) in [5.41, 5.74) is 0.905. The van der Waals surface area contributed by atoms with Crippen LogP contribution in [0.15, 0.2) is 29.4 Å². The van der Waals surface area contributed by atoms with E-state index in [4.69, 9.17) is 4.74 Å². The summed E-state index contributed by atoms with van der Waals surface area (Å²) in [4.78, 5) is 12.3. The lowest BCUT2D eigenvalue weighted by atomic mass is 9.95. The molecule has 1 amide bonds. The van der Waals surface area contributed by atoms with Gasteiger partial charge in [0.05, 0.1) is 18.4 Å². The fourth-order valence-electron chi connectivity index (χ4n) is 3.36. The molecule has 26 heavy (non-hydrogen) atoms. The summed E-state index contributed by atoms with van der Waals surface area (Å²) in [5.74, 6) is 1.97. The van der Waals surface area contributed by atoms with Crippen molar-refractivity contribution >= 4 is 17.7 Å². The van der Waals surface area contributed by atoms with Crippen molar-refractivity contribution in [2.24, 2.45) is 0 Å². The normalized spacial score (nSPS) is 15.0. The number of ether oxygens (including phenoxy) is 1. The molecule has 1 aromatic carbocycles. The molecular weight excluding hydrogens is 348 g/mol. The van der Waals surface area contributed by atoms with Crippen molar-refractivity contribution in [2.45, 2.75) is 56.8 Å². The predicted octanol–water partition coefficient (Wildman–Crippen LogP) is 3.51. The number of carbonyl (C=O) groups excluding carboxylic acids is 1. The Kier molecular flexibility index (Phi) is 6.55. The van der Waals surface area contributed by atoms with Crippen LogP contribution in [0.3, 0.4) is 0 Å². The third-order valence-electron chi connectivity index (χ3n) is 4.68. The van der Waals surface area contributed by atoms with Crippen LogP contribution in [0.25, 0.3) is 11.4 Å². The van der Waals surface area contributed by atoms with Crippen LogP contribution >= 0.6 is 11.8 Å². The van der Waals surface area contributed by atoms with Crippen LogP contribution in [-0.4, -0.2) is 39.6 Å². The maximum absolute atomic E-state index is 12.3. The number of rotatable bonds is 7. The lowest BCUT2D eigenvalue weighted by molar-refractivity contribution is -0.119. The van der Waals surface area contributed by atoms with Crippen LogP contribution in [-0.2, 0) is 11.3 Å². The molecule has 0 spiro atoms. The third-order valence-corrected chi connectivity index (χ3v) is 5.65.